The number of aryl methyl sites for hydroxylation is 4. The Bertz CT molecular complexity index is 917. The fourth-order valence-corrected chi connectivity index (χ4v) is 5.32. The van der Waals surface area contributed by atoms with Crippen molar-refractivity contribution in [3.8, 4) is 0 Å². The molecule has 38 heavy (non-hydrogen) atoms. The van der Waals surface area contributed by atoms with Gasteiger partial charge in [0, 0.05) is 0 Å². The van der Waals surface area contributed by atoms with Crippen LogP contribution < -0.4 is 0 Å². The molecular formula is C36H56N2. The van der Waals surface area contributed by atoms with Crippen molar-refractivity contribution >= 4 is 22.8 Å². The quantitative estimate of drug-likeness (QED) is 0.131. The summed E-state index contributed by atoms with van der Waals surface area (Å²) in [6.45, 7) is 13.7. The molecule has 2 rings (SSSR count). The number of hydrogen-bond acceptors (Lipinski definition) is 2. The number of unbranched alkanes of at least 4 members (excludes halogenated alkanes) is 4. The highest BCUT2D eigenvalue weighted by molar-refractivity contribution is 6.43. The average Bonchev–Trinajstić information content (AvgIpc) is 2.91. The van der Waals surface area contributed by atoms with Gasteiger partial charge in [-0.2, -0.15) is 0 Å². The van der Waals surface area contributed by atoms with Gasteiger partial charge in [-0.05, 0) is 97.9 Å². The summed E-state index contributed by atoms with van der Waals surface area (Å²) in [7, 11) is 0. The van der Waals surface area contributed by atoms with Crippen molar-refractivity contribution in [1.82, 2.24) is 0 Å². The van der Waals surface area contributed by atoms with Gasteiger partial charge in [-0.25, -0.2) is 0 Å². The van der Waals surface area contributed by atoms with Crippen LogP contribution in [0.1, 0.15) is 141 Å². The van der Waals surface area contributed by atoms with Crippen molar-refractivity contribution < 1.29 is 0 Å². The Labute approximate surface area is 235 Å². The molecule has 0 spiro atoms. The first kappa shape index (κ1) is 32.0. The van der Waals surface area contributed by atoms with Crippen LogP contribution in [0.15, 0.2) is 46.4 Å². The summed E-state index contributed by atoms with van der Waals surface area (Å²) in [4.78, 5) is 10.7. The summed E-state index contributed by atoms with van der Waals surface area (Å²) in [5.74, 6) is 0. The van der Waals surface area contributed by atoms with Crippen molar-refractivity contribution in [1.29, 1.82) is 0 Å². The van der Waals surface area contributed by atoms with Crippen molar-refractivity contribution in [3.63, 3.8) is 0 Å². The molecule has 2 nitrogen and oxygen atoms in total. The zero-order chi connectivity index (χ0) is 27.6. The van der Waals surface area contributed by atoms with Gasteiger partial charge in [0.15, 0.2) is 0 Å². The van der Waals surface area contributed by atoms with Crippen LogP contribution in [0.3, 0.4) is 0 Å². The van der Waals surface area contributed by atoms with Crippen molar-refractivity contribution in [2.75, 3.05) is 0 Å². The Morgan fingerprint density at radius 2 is 0.816 bits per heavy atom. The molecule has 0 atom stereocenters. The molecule has 0 N–H and O–H groups in total. The lowest BCUT2D eigenvalue weighted by Gasteiger charge is -2.14. The molecule has 0 aromatic heterocycles. The molecule has 0 radical (unpaired) electrons. The SMILES string of the molecule is CCCCCC(=Nc1ccc(CCC)c(CCC)c1)C(CCCCC)=Nc1ccc(CCC)c(CCC)c1. The third kappa shape index (κ3) is 10.9. The number of aliphatic imine (C=N–C) groups is 2. The predicted octanol–water partition coefficient (Wildman–Crippen LogP) is 11.5. The maximum atomic E-state index is 5.34. The minimum absolute atomic E-state index is 1.01. The van der Waals surface area contributed by atoms with Crippen LogP contribution in [0.4, 0.5) is 11.4 Å². The lowest BCUT2D eigenvalue weighted by atomic mass is 9.98. The van der Waals surface area contributed by atoms with Gasteiger partial charge in [0.05, 0.1) is 22.8 Å². The van der Waals surface area contributed by atoms with E-state index in [1.54, 1.807) is 0 Å². The summed E-state index contributed by atoms with van der Waals surface area (Å²) in [5.41, 5.74) is 10.6. The Hall–Kier alpha value is -2.22. The second-order valence-corrected chi connectivity index (χ2v) is 10.9. The molecule has 0 aliphatic carbocycles. The first-order valence-corrected chi connectivity index (χ1v) is 16.0. The van der Waals surface area contributed by atoms with Crippen molar-refractivity contribution in [2.24, 2.45) is 9.98 Å². The predicted molar refractivity (Wildman–Crippen MR) is 171 cm³/mol. The van der Waals surface area contributed by atoms with Gasteiger partial charge >= 0.3 is 0 Å². The minimum Gasteiger partial charge on any atom is -0.252 e. The fraction of sp³-hybridized carbons (Fsp3) is 0.611. The Morgan fingerprint density at radius 3 is 1.16 bits per heavy atom. The van der Waals surface area contributed by atoms with Crippen LogP contribution in [0.2, 0.25) is 0 Å². The van der Waals surface area contributed by atoms with E-state index >= 15 is 0 Å². The highest BCUT2D eigenvalue weighted by Crippen LogP contribution is 2.25. The summed E-state index contributed by atoms with van der Waals surface area (Å²) >= 11 is 0. The van der Waals surface area contributed by atoms with E-state index in [9.17, 15) is 0 Å². The molecule has 0 unspecified atom stereocenters. The maximum absolute atomic E-state index is 5.34. The van der Waals surface area contributed by atoms with E-state index in [0.29, 0.717) is 0 Å². The van der Waals surface area contributed by atoms with Crippen LogP contribution in [0, 0.1) is 0 Å². The van der Waals surface area contributed by atoms with E-state index in [1.807, 2.05) is 0 Å². The normalized spacial score (nSPS) is 12.4. The molecule has 2 aromatic carbocycles. The monoisotopic (exact) mass is 516 g/mol. The van der Waals surface area contributed by atoms with Crippen LogP contribution in [0.5, 0.6) is 0 Å². The molecule has 2 aromatic rings. The molecule has 0 heterocycles. The van der Waals surface area contributed by atoms with Gasteiger partial charge in [0.2, 0.25) is 0 Å². The van der Waals surface area contributed by atoms with E-state index < -0.39 is 0 Å². The molecule has 0 amide bonds. The molecule has 0 saturated carbocycles. The largest absolute Gasteiger partial charge is 0.252 e. The Kier molecular flexibility index (Phi) is 15.9. The highest BCUT2D eigenvalue weighted by atomic mass is 14.8. The minimum atomic E-state index is 1.01. The van der Waals surface area contributed by atoms with Gasteiger partial charge in [0.25, 0.3) is 0 Å². The van der Waals surface area contributed by atoms with E-state index in [0.717, 1.165) is 49.9 Å². The zero-order valence-electron chi connectivity index (χ0n) is 25.7. The molecular weight excluding hydrogens is 460 g/mol. The van der Waals surface area contributed by atoms with Crippen LogP contribution in [-0.2, 0) is 25.7 Å². The first-order chi connectivity index (χ1) is 18.6. The summed E-state index contributed by atoms with van der Waals surface area (Å²) in [6, 6.07) is 13.9. The summed E-state index contributed by atoms with van der Waals surface area (Å²) in [5, 5.41) is 0. The lowest BCUT2D eigenvalue weighted by molar-refractivity contribution is 0.735. The van der Waals surface area contributed by atoms with E-state index in [-0.39, 0.29) is 0 Å². The number of rotatable bonds is 19. The Morgan fingerprint density at radius 1 is 0.447 bits per heavy atom. The van der Waals surface area contributed by atoms with Gasteiger partial charge in [-0.1, -0.05) is 105 Å². The maximum Gasteiger partial charge on any atom is 0.0636 e. The number of nitrogens with zero attached hydrogens (tertiary/aromatic N) is 2. The third-order valence-electron chi connectivity index (χ3n) is 7.35. The summed E-state index contributed by atoms with van der Waals surface area (Å²) < 4.78 is 0. The Balaban J connectivity index is 2.56. The van der Waals surface area contributed by atoms with Crippen LogP contribution >= 0.6 is 0 Å². The lowest BCUT2D eigenvalue weighted by Crippen LogP contribution is -2.14. The van der Waals surface area contributed by atoms with Crippen molar-refractivity contribution in [2.45, 2.75) is 144 Å². The smallest absolute Gasteiger partial charge is 0.0636 e. The highest BCUT2D eigenvalue weighted by Gasteiger charge is 2.13. The molecule has 2 heteroatoms. The topological polar surface area (TPSA) is 24.7 Å². The fourth-order valence-electron chi connectivity index (χ4n) is 5.32. The van der Waals surface area contributed by atoms with Crippen LogP contribution in [-0.4, -0.2) is 11.4 Å². The number of benzene rings is 2. The van der Waals surface area contributed by atoms with Gasteiger partial charge in [0.1, 0.15) is 0 Å². The first-order valence-electron chi connectivity index (χ1n) is 16.0. The average molecular weight is 517 g/mol. The third-order valence-corrected chi connectivity index (χ3v) is 7.35. The number of hydrogen-bond donors (Lipinski definition) is 0. The molecule has 0 bridgehead atoms. The van der Waals surface area contributed by atoms with Gasteiger partial charge in [-0.3, -0.25) is 9.98 Å². The molecule has 0 fully saturated rings. The zero-order valence-corrected chi connectivity index (χ0v) is 25.7. The summed E-state index contributed by atoms with van der Waals surface area (Å²) in [6.07, 6.45) is 18.6. The second kappa shape index (κ2) is 18.9. The molecule has 0 saturated heterocycles. The molecule has 0 aliphatic rings. The van der Waals surface area contributed by atoms with Crippen molar-refractivity contribution in [3.05, 3.63) is 58.7 Å². The van der Waals surface area contributed by atoms with Gasteiger partial charge < -0.3 is 0 Å². The molecule has 210 valence electrons. The van der Waals surface area contributed by atoms with E-state index in [2.05, 4.69) is 77.9 Å². The van der Waals surface area contributed by atoms with E-state index in [1.165, 1.54) is 97.9 Å². The van der Waals surface area contributed by atoms with Crippen LogP contribution in [0.25, 0.3) is 0 Å². The standard InChI is InChI=1S/C36H56N2/c1-7-13-15-21-35(37-33-25-23-29(17-9-3)31(27-33)19-11-5)36(22-16-14-8-2)38-34-26-24-30(18-10-4)32(28-34)20-12-6/h23-28H,7-22H2,1-6H3. The van der Waals surface area contributed by atoms with Gasteiger partial charge in [-0.15, -0.1) is 0 Å². The second-order valence-electron chi connectivity index (χ2n) is 10.9. The molecule has 0 aliphatic heterocycles. The van der Waals surface area contributed by atoms with E-state index in [4.69, 9.17) is 9.98 Å².